The van der Waals surface area contributed by atoms with Crippen LogP contribution in [0.3, 0.4) is 0 Å². The summed E-state index contributed by atoms with van der Waals surface area (Å²) in [5.74, 6) is 1.61. The minimum atomic E-state index is -0.0680. The highest BCUT2D eigenvalue weighted by atomic mass is 16.5. The van der Waals surface area contributed by atoms with Crippen molar-refractivity contribution in [2.24, 2.45) is 0 Å². The first-order valence-corrected chi connectivity index (χ1v) is 8.40. The first-order chi connectivity index (χ1) is 13.2. The molecule has 0 aromatic carbocycles. The number of aromatic nitrogens is 6. The number of aryl methyl sites for hydroxylation is 1. The van der Waals surface area contributed by atoms with Crippen LogP contribution >= 0.6 is 0 Å². The number of pyridine rings is 1. The van der Waals surface area contributed by atoms with Crippen molar-refractivity contribution in [3.05, 3.63) is 30.4 Å². The van der Waals surface area contributed by atoms with Crippen molar-refractivity contribution in [2.45, 2.75) is 6.92 Å². The number of rotatable bonds is 5. The number of aromatic amines is 1. The molecule has 4 rings (SSSR count). The average Bonchev–Trinajstić information content (AvgIpc) is 3.22. The van der Waals surface area contributed by atoms with E-state index >= 15 is 0 Å². The largest absolute Gasteiger partial charge is 0.383 e. The molecule has 3 aromatic heterocycles. The Morgan fingerprint density at radius 3 is 2.89 bits per heavy atom. The molecule has 0 aliphatic carbocycles. The van der Waals surface area contributed by atoms with Crippen LogP contribution in [0.1, 0.15) is 6.99 Å². The predicted octanol–water partition coefficient (Wildman–Crippen LogP) is 1.28. The maximum absolute atomic E-state index is 12.3. The van der Waals surface area contributed by atoms with Gasteiger partial charge in [0.05, 0.1) is 31.6 Å². The highest BCUT2D eigenvalue weighted by Crippen LogP contribution is 2.30. The lowest BCUT2D eigenvalue weighted by Gasteiger charge is -2.28. The van der Waals surface area contributed by atoms with Gasteiger partial charge in [0.2, 0.25) is 5.91 Å². The topological polar surface area (TPSA) is 122 Å². The second-order valence-corrected chi connectivity index (χ2v) is 6.04. The molecule has 0 atom stereocenters. The summed E-state index contributed by atoms with van der Waals surface area (Å²) in [6, 6.07) is 1.91. The summed E-state index contributed by atoms with van der Waals surface area (Å²) in [4.78, 5) is 31.5. The van der Waals surface area contributed by atoms with Gasteiger partial charge >= 0.3 is 0 Å². The third-order valence-corrected chi connectivity index (χ3v) is 4.28. The molecule has 0 unspecified atom stereocenters. The Kier molecular flexibility index (Phi) is 4.47. The van der Waals surface area contributed by atoms with E-state index in [4.69, 9.17) is 4.74 Å². The molecule has 0 saturated carbocycles. The Morgan fingerprint density at radius 2 is 2.15 bits per heavy atom. The second-order valence-electron chi connectivity index (χ2n) is 6.04. The standard InChI is InChI=1S/C17H18N8O2.H2/c1-10-5-12(15-21-9-22-24-15)18-6-11(10)13-7-19-16-17(23-13)25(3-4-27-2)14(26)8-20-16;/h5-7,9H,3-4,8H2,1-2H3,(H,19,20)(H,21,22,24);1H. The number of carbonyl (C=O) groups is 1. The summed E-state index contributed by atoms with van der Waals surface area (Å²) < 4.78 is 5.10. The Hall–Kier alpha value is -3.40. The maximum Gasteiger partial charge on any atom is 0.247 e. The minimum Gasteiger partial charge on any atom is -0.383 e. The highest BCUT2D eigenvalue weighted by molar-refractivity contribution is 6.00. The molecule has 1 amide bonds. The van der Waals surface area contributed by atoms with Gasteiger partial charge in [0.1, 0.15) is 12.0 Å². The molecule has 0 saturated heterocycles. The molecule has 3 aromatic rings. The molecule has 0 spiro atoms. The number of hydrogen-bond donors (Lipinski definition) is 2. The number of carbonyl (C=O) groups excluding carboxylic acids is 1. The van der Waals surface area contributed by atoms with Gasteiger partial charge in [-0.25, -0.2) is 15.0 Å². The third kappa shape index (κ3) is 3.22. The lowest BCUT2D eigenvalue weighted by molar-refractivity contribution is -0.117. The molecule has 10 heteroatoms. The van der Waals surface area contributed by atoms with Crippen molar-refractivity contribution in [3.63, 3.8) is 0 Å². The van der Waals surface area contributed by atoms with Crippen LogP contribution in [0.2, 0.25) is 0 Å². The van der Waals surface area contributed by atoms with Gasteiger partial charge in [0.25, 0.3) is 0 Å². The van der Waals surface area contributed by atoms with E-state index in [-0.39, 0.29) is 13.9 Å². The summed E-state index contributed by atoms with van der Waals surface area (Å²) >= 11 is 0. The van der Waals surface area contributed by atoms with Gasteiger partial charge < -0.3 is 10.1 Å². The number of nitrogens with zero attached hydrogens (tertiary/aromatic N) is 6. The highest BCUT2D eigenvalue weighted by Gasteiger charge is 2.26. The molecular formula is C17H20N8O2. The van der Waals surface area contributed by atoms with Crippen LogP contribution in [0.15, 0.2) is 24.8 Å². The number of methoxy groups -OCH3 is 1. The van der Waals surface area contributed by atoms with E-state index < -0.39 is 0 Å². The van der Waals surface area contributed by atoms with Gasteiger partial charge in [-0.3, -0.25) is 19.8 Å². The molecule has 1 aliphatic rings. The SMILES string of the molecule is COCCN1C(=O)CNc2ncc(-c3cnc(-c4ncn[nH]4)cc3C)nc21.[HH]. The normalized spacial score (nSPS) is 13.4. The van der Waals surface area contributed by atoms with Gasteiger partial charge in [-0.15, -0.1) is 0 Å². The second kappa shape index (κ2) is 7.08. The average molecular weight is 368 g/mol. The Labute approximate surface area is 156 Å². The Bertz CT molecular complexity index is 979. The maximum atomic E-state index is 12.3. The summed E-state index contributed by atoms with van der Waals surface area (Å²) in [5.41, 5.74) is 3.13. The van der Waals surface area contributed by atoms with Gasteiger partial charge in [0.15, 0.2) is 17.5 Å². The molecule has 27 heavy (non-hydrogen) atoms. The number of ether oxygens (including phenoxy) is 1. The van der Waals surface area contributed by atoms with E-state index in [1.807, 2.05) is 13.0 Å². The van der Waals surface area contributed by atoms with Gasteiger partial charge in [-0.1, -0.05) is 0 Å². The monoisotopic (exact) mass is 368 g/mol. The quantitative estimate of drug-likeness (QED) is 0.691. The van der Waals surface area contributed by atoms with E-state index in [9.17, 15) is 4.79 Å². The zero-order chi connectivity index (χ0) is 18.8. The van der Waals surface area contributed by atoms with Crippen molar-refractivity contribution in [3.8, 4) is 22.8 Å². The van der Waals surface area contributed by atoms with E-state index in [2.05, 4.69) is 35.5 Å². The van der Waals surface area contributed by atoms with Crippen LogP contribution < -0.4 is 10.2 Å². The van der Waals surface area contributed by atoms with E-state index in [0.29, 0.717) is 42.0 Å². The molecule has 2 N–H and O–H groups in total. The fraction of sp³-hybridized carbons (Fsp3) is 0.294. The van der Waals surface area contributed by atoms with Crippen molar-refractivity contribution < 1.29 is 11.0 Å². The number of hydrogen-bond acceptors (Lipinski definition) is 8. The van der Waals surface area contributed by atoms with Crippen molar-refractivity contribution in [1.29, 1.82) is 0 Å². The summed E-state index contributed by atoms with van der Waals surface area (Å²) in [5, 5.41) is 9.64. The molecule has 0 fully saturated rings. The number of amides is 1. The summed E-state index contributed by atoms with van der Waals surface area (Å²) in [6.07, 6.45) is 4.84. The Morgan fingerprint density at radius 1 is 1.26 bits per heavy atom. The van der Waals surface area contributed by atoms with Crippen LogP contribution in [0, 0.1) is 6.92 Å². The number of nitrogens with one attached hydrogen (secondary N) is 2. The van der Waals surface area contributed by atoms with Crippen molar-refractivity contribution >= 4 is 17.5 Å². The zero-order valence-corrected chi connectivity index (χ0v) is 14.9. The van der Waals surface area contributed by atoms with Crippen molar-refractivity contribution in [1.82, 2.24) is 30.1 Å². The molecule has 0 bridgehead atoms. The van der Waals surface area contributed by atoms with Gasteiger partial charge in [0, 0.05) is 20.3 Å². The number of anilines is 2. The zero-order valence-electron chi connectivity index (χ0n) is 14.9. The van der Waals surface area contributed by atoms with Crippen LogP contribution in [0.5, 0.6) is 0 Å². The van der Waals surface area contributed by atoms with Gasteiger partial charge in [-0.05, 0) is 18.6 Å². The van der Waals surface area contributed by atoms with E-state index in [1.54, 1.807) is 24.4 Å². The molecule has 4 heterocycles. The number of H-pyrrole nitrogens is 1. The van der Waals surface area contributed by atoms with E-state index in [0.717, 1.165) is 11.1 Å². The molecule has 140 valence electrons. The fourth-order valence-corrected chi connectivity index (χ4v) is 2.89. The lowest BCUT2D eigenvalue weighted by atomic mass is 10.1. The summed E-state index contributed by atoms with van der Waals surface area (Å²) in [7, 11) is 1.60. The molecule has 1 aliphatic heterocycles. The van der Waals surface area contributed by atoms with E-state index in [1.165, 1.54) is 6.33 Å². The van der Waals surface area contributed by atoms with Gasteiger partial charge in [-0.2, -0.15) is 5.10 Å². The molecule has 10 nitrogen and oxygen atoms in total. The molecular weight excluding hydrogens is 348 g/mol. The van der Waals surface area contributed by atoms with Crippen LogP contribution in [-0.4, -0.2) is 62.8 Å². The van der Waals surface area contributed by atoms with Crippen LogP contribution in [-0.2, 0) is 9.53 Å². The predicted molar refractivity (Wildman–Crippen MR) is 100 cm³/mol. The smallest absolute Gasteiger partial charge is 0.247 e. The minimum absolute atomic E-state index is 0. The first kappa shape index (κ1) is 17.0. The lowest BCUT2D eigenvalue weighted by Crippen LogP contribution is -2.42. The van der Waals surface area contributed by atoms with Crippen molar-refractivity contribution in [2.75, 3.05) is 37.0 Å². The molecule has 0 radical (unpaired) electrons. The van der Waals surface area contributed by atoms with Crippen LogP contribution in [0.25, 0.3) is 22.8 Å². The van der Waals surface area contributed by atoms with Crippen LogP contribution in [0.4, 0.5) is 11.6 Å². The first-order valence-electron chi connectivity index (χ1n) is 8.40. The summed E-state index contributed by atoms with van der Waals surface area (Å²) in [6.45, 7) is 2.99. The fourth-order valence-electron chi connectivity index (χ4n) is 2.89. The number of fused-ring (bicyclic) bond motifs is 1. The third-order valence-electron chi connectivity index (χ3n) is 4.28. The Balaban J connectivity index is 0.00000225.